The highest BCUT2D eigenvalue weighted by Gasteiger charge is 2.24. The summed E-state index contributed by atoms with van der Waals surface area (Å²) in [5, 5.41) is 9.05. The van der Waals surface area contributed by atoms with E-state index in [0.29, 0.717) is 12.5 Å². The molecule has 9 heavy (non-hydrogen) atoms. The first-order valence-corrected chi connectivity index (χ1v) is 3.25. The molecule has 0 saturated carbocycles. The molecule has 0 radical (unpaired) electrons. The summed E-state index contributed by atoms with van der Waals surface area (Å²) in [7, 11) is 0. The lowest BCUT2D eigenvalue weighted by atomic mass is 10.0. The Bertz CT molecular complexity index is 101. The monoisotopic (exact) mass is 128 g/mol. The molecule has 1 aliphatic rings. The van der Waals surface area contributed by atoms with Gasteiger partial charge in [0.15, 0.2) is 6.29 Å². The minimum Gasteiger partial charge on any atom is -0.368 e. The Morgan fingerprint density at radius 2 is 2.56 bits per heavy atom. The van der Waals surface area contributed by atoms with Crippen molar-refractivity contribution in [1.29, 1.82) is 0 Å². The molecule has 2 nitrogen and oxygen atoms in total. The number of aliphatic hydroxyl groups is 1. The summed E-state index contributed by atoms with van der Waals surface area (Å²) < 4.78 is 4.93. The van der Waals surface area contributed by atoms with Crippen LogP contribution in [-0.2, 0) is 4.74 Å². The zero-order valence-electron chi connectivity index (χ0n) is 5.42. The Morgan fingerprint density at radius 3 is 3.00 bits per heavy atom. The first-order valence-electron chi connectivity index (χ1n) is 3.25. The molecule has 2 atom stereocenters. The molecular weight excluding hydrogens is 116 g/mol. The van der Waals surface area contributed by atoms with E-state index in [2.05, 4.69) is 6.58 Å². The third-order valence-electron chi connectivity index (χ3n) is 1.65. The molecule has 1 saturated heterocycles. The van der Waals surface area contributed by atoms with E-state index in [1.54, 1.807) is 0 Å². The van der Waals surface area contributed by atoms with Crippen molar-refractivity contribution in [2.24, 2.45) is 5.92 Å². The van der Waals surface area contributed by atoms with Crippen LogP contribution in [0, 0.1) is 5.92 Å². The van der Waals surface area contributed by atoms with Crippen molar-refractivity contribution in [3.63, 3.8) is 0 Å². The Kier molecular flexibility index (Phi) is 2.25. The molecule has 1 fully saturated rings. The first-order chi connectivity index (χ1) is 4.34. The molecule has 0 aliphatic carbocycles. The highest BCUT2D eigenvalue weighted by molar-refractivity contribution is 4.77. The summed E-state index contributed by atoms with van der Waals surface area (Å²) in [5.41, 5.74) is 0. The van der Waals surface area contributed by atoms with E-state index in [4.69, 9.17) is 9.84 Å². The molecule has 2 heteroatoms. The van der Waals surface area contributed by atoms with E-state index in [-0.39, 0.29) is 0 Å². The van der Waals surface area contributed by atoms with Crippen molar-refractivity contribution in [2.45, 2.75) is 19.1 Å². The van der Waals surface area contributed by atoms with Crippen LogP contribution in [-0.4, -0.2) is 18.0 Å². The van der Waals surface area contributed by atoms with E-state index < -0.39 is 6.29 Å². The van der Waals surface area contributed by atoms with Gasteiger partial charge in [0.2, 0.25) is 0 Å². The Balaban J connectivity index is 2.30. The summed E-state index contributed by atoms with van der Waals surface area (Å²) in [6, 6.07) is 0. The maximum Gasteiger partial charge on any atom is 0.157 e. The summed E-state index contributed by atoms with van der Waals surface area (Å²) >= 11 is 0. The van der Waals surface area contributed by atoms with Gasteiger partial charge < -0.3 is 9.84 Å². The van der Waals surface area contributed by atoms with Crippen LogP contribution in [0.2, 0.25) is 0 Å². The molecule has 1 rings (SSSR count). The van der Waals surface area contributed by atoms with E-state index in [1.807, 2.05) is 6.08 Å². The maximum atomic E-state index is 9.05. The van der Waals surface area contributed by atoms with Crippen molar-refractivity contribution >= 4 is 0 Å². The maximum absolute atomic E-state index is 9.05. The van der Waals surface area contributed by atoms with Gasteiger partial charge in [-0.25, -0.2) is 0 Å². The second-order valence-electron chi connectivity index (χ2n) is 2.33. The van der Waals surface area contributed by atoms with Gasteiger partial charge in [0.1, 0.15) is 0 Å². The largest absolute Gasteiger partial charge is 0.368 e. The van der Waals surface area contributed by atoms with E-state index in [9.17, 15) is 0 Å². The molecule has 0 bridgehead atoms. The van der Waals surface area contributed by atoms with Crippen molar-refractivity contribution in [1.82, 2.24) is 0 Å². The molecule has 52 valence electrons. The fraction of sp³-hybridized carbons (Fsp3) is 0.714. The summed E-state index contributed by atoms with van der Waals surface area (Å²) in [5.74, 6) is 0.294. The molecule has 0 aromatic heterocycles. The topological polar surface area (TPSA) is 29.5 Å². The average molecular weight is 128 g/mol. The normalized spacial score (nSPS) is 34.8. The SMILES string of the molecule is C=CCC1CCOC1O. The van der Waals surface area contributed by atoms with Crippen LogP contribution in [0.15, 0.2) is 12.7 Å². The molecule has 0 amide bonds. The standard InChI is InChI=1S/C7H12O2/c1-2-3-6-4-5-9-7(6)8/h2,6-8H,1,3-5H2. The predicted octanol–water partition coefficient (Wildman–Crippen LogP) is 0.917. The zero-order chi connectivity index (χ0) is 6.69. The van der Waals surface area contributed by atoms with Crippen LogP contribution < -0.4 is 0 Å². The summed E-state index contributed by atoms with van der Waals surface area (Å²) in [6.07, 6.45) is 3.11. The molecular formula is C7H12O2. The summed E-state index contributed by atoms with van der Waals surface area (Å²) in [4.78, 5) is 0. The number of hydrogen-bond donors (Lipinski definition) is 1. The molecule has 1 N–H and O–H groups in total. The fourth-order valence-electron chi connectivity index (χ4n) is 1.07. The second kappa shape index (κ2) is 2.99. The lowest BCUT2D eigenvalue weighted by Crippen LogP contribution is -2.13. The molecule has 1 aliphatic heterocycles. The molecule has 0 spiro atoms. The number of allylic oxidation sites excluding steroid dienone is 1. The third-order valence-corrected chi connectivity index (χ3v) is 1.65. The fourth-order valence-corrected chi connectivity index (χ4v) is 1.07. The van der Waals surface area contributed by atoms with Gasteiger partial charge in [-0.2, -0.15) is 0 Å². The van der Waals surface area contributed by atoms with Gasteiger partial charge in [-0.05, 0) is 12.8 Å². The second-order valence-corrected chi connectivity index (χ2v) is 2.33. The van der Waals surface area contributed by atoms with E-state index in [0.717, 1.165) is 12.8 Å². The van der Waals surface area contributed by atoms with Crippen molar-refractivity contribution in [3.05, 3.63) is 12.7 Å². The minimum absolute atomic E-state index is 0.294. The Morgan fingerprint density at radius 1 is 1.78 bits per heavy atom. The van der Waals surface area contributed by atoms with Gasteiger partial charge in [-0.15, -0.1) is 6.58 Å². The van der Waals surface area contributed by atoms with Crippen LogP contribution >= 0.6 is 0 Å². The number of aliphatic hydroxyl groups excluding tert-OH is 1. The quantitative estimate of drug-likeness (QED) is 0.560. The Hall–Kier alpha value is -0.340. The van der Waals surface area contributed by atoms with Gasteiger partial charge >= 0.3 is 0 Å². The number of rotatable bonds is 2. The molecule has 0 aromatic carbocycles. The van der Waals surface area contributed by atoms with Crippen LogP contribution in [0.5, 0.6) is 0 Å². The minimum atomic E-state index is -0.539. The highest BCUT2D eigenvalue weighted by atomic mass is 16.6. The van der Waals surface area contributed by atoms with Crippen molar-refractivity contribution < 1.29 is 9.84 Å². The summed E-state index contributed by atoms with van der Waals surface area (Å²) in [6.45, 7) is 4.29. The highest BCUT2D eigenvalue weighted by Crippen LogP contribution is 2.21. The van der Waals surface area contributed by atoms with Crippen LogP contribution in [0.25, 0.3) is 0 Å². The third kappa shape index (κ3) is 1.53. The number of ether oxygens (including phenoxy) is 1. The van der Waals surface area contributed by atoms with E-state index in [1.165, 1.54) is 0 Å². The van der Waals surface area contributed by atoms with E-state index >= 15 is 0 Å². The van der Waals surface area contributed by atoms with Gasteiger partial charge in [-0.1, -0.05) is 6.08 Å². The van der Waals surface area contributed by atoms with Gasteiger partial charge in [0.25, 0.3) is 0 Å². The number of hydrogen-bond acceptors (Lipinski definition) is 2. The van der Waals surface area contributed by atoms with Gasteiger partial charge in [0, 0.05) is 5.92 Å². The van der Waals surface area contributed by atoms with Crippen LogP contribution in [0.3, 0.4) is 0 Å². The molecule has 0 aromatic rings. The molecule has 2 unspecified atom stereocenters. The first kappa shape index (κ1) is 6.78. The van der Waals surface area contributed by atoms with Crippen LogP contribution in [0.1, 0.15) is 12.8 Å². The Labute approximate surface area is 55.1 Å². The zero-order valence-corrected chi connectivity index (χ0v) is 5.42. The van der Waals surface area contributed by atoms with Crippen molar-refractivity contribution in [2.75, 3.05) is 6.61 Å². The smallest absolute Gasteiger partial charge is 0.157 e. The van der Waals surface area contributed by atoms with Gasteiger partial charge in [-0.3, -0.25) is 0 Å². The average Bonchev–Trinajstić information content (AvgIpc) is 2.18. The lowest BCUT2D eigenvalue weighted by Gasteiger charge is -2.08. The lowest BCUT2D eigenvalue weighted by molar-refractivity contribution is -0.0813. The van der Waals surface area contributed by atoms with Gasteiger partial charge in [0.05, 0.1) is 6.61 Å². The predicted molar refractivity (Wildman–Crippen MR) is 34.9 cm³/mol. The van der Waals surface area contributed by atoms with Crippen LogP contribution in [0.4, 0.5) is 0 Å². The molecule has 1 heterocycles. The van der Waals surface area contributed by atoms with Crippen molar-refractivity contribution in [3.8, 4) is 0 Å².